The fourth-order valence-electron chi connectivity index (χ4n) is 1.79. The molecular weight excluding hydrogens is 264 g/mol. The average Bonchev–Trinajstić information content (AvgIpc) is 2.59. The molecule has 0 fully saturated rings. The van der Waals surface area contributed by atoms with E-state index in [1.807, 2.05) is 6.92 Å². The Morgan fingerprint density at radius 3 is 2.63 bits per heavy atom. The molecule has 6 heteroatoms. The molecule has 0 aliphatic rings. The Morgan fingerprint density at radius 1 is 1.42 bits per heavy atom. The number of nitrogens with one attached hydrogen (secondary N) is 1. The molecule has 0 saturated carbocycles. The number of amides is 1. The van der Waals surface area contributed by atoms with Gasteiger partial charge in [0, 0.05) is 17.6 Å². The van der Waals surface area contributed by atoms with Gasteiger partial charge in [-0.25, -0.2) is 0 Å². The molecular formula is C13H15ClN4O. The van der Waals surface area contributed by atoms with Crippen molar-refractivity contribution in [3.05, 3.63) is 40.0 Å². The van der Waals surface area contributed by atoms with E-state index in [0.717, 1.165) is 5.56 Å². The van der Waals surface area contributed by atoms with Gasteiger partial charge in [-0.15, -0.1) is 0 Å². The van der Waals surface area contributed by atoms with Gasteiger partial charge in [-0.05, 0) is 37.6 Å². The number of carbonyl (C=O) groups excluding carboxylic acids is 1. The summed E-state index contributed by atoms with van der Waals surface area (Å²) in [6, 6.07) is 5.10. The first-order valence-corrected chi connectivity index (χ1v) is 6.14. The molecule has 1 amide bonds. The molecule has 0 radical (unpaired) electrons. The maximum absolute atomic E-state index is 12.1. The maximum atomic E-state index is 12.1. The second-order valence-electron chi connectivity index (χ2n) is 4.39. The molecule has 2 aromatic rings. The summed E-state index contributed by atoms with van der Waals surface area (Å²) in [5, 5.41) is 7.53. The Labute approximate surface area is 116 Å². The van der Waals surface area contributed by atoms with Crippen LogP contribution in [0.25, 0.3) is 0 Å². The summed E-state index contributed by atoms with van der Waals surface area (Å²) in [7, 11) is 1.73. The van der Waals surface area contributed by atoms with Crippen LogP contribution in [0.5, 0.6) is 0 Å². The zero-order chi connectivity index (χ0) is 14.2. The van der Waals surface area contributed by atoms with Gasteiger partial charge in [-0.2, -0.15) is 5.10 Å². The molecule has 0 unspecified atom stereocenters. The summed E-state index contributed by atoms with van der Waals surface area (Å²) < 4.78 is 1.55. The molecule has 0 atom stereocenters. The summed E-state index contributed by atoms with van der Waals surface area (Å²) in [5.41, 5.74) is 8.40. The van der Waals surface area contributed by atoms with Gasteiger partial charge in [0.1, 0.15) is 0 Å². The Morgan fingerprint density at radius 2 is 2.11 bits per heavy atom. The predicted molar refractivity (Wildman–Crippen MR) is 76.5 cm³/mol. The van der Waals surface area contributed by atoms with E-state index in [4.69, 9.17) is 17.3 Å². The Hall–Kier alpha value is -2.01. The highest BCUT2D eigenvalue weighted by Gasteiger charge is 2.14. The van der Waals surface area contributed by atoms with E-state index in [0.29, 0.717) is 27.8 Å². The summed E-state index contributed by atoms with van der Waals surface area (Å²) in [5.74, 6) is 0.254. The number of nitrogens with two attached hydrogens (primary N) is 1. The first kappa shape index (κ1) is 13.4. The number of hydrogen-bond donors (Lipinski definition) is 2. The number of carbonyl (C=O) groups is 1. The molecule has 0 aliphatic carbocycles. The van der Waals surface area contributed by atoms with Gasteiger partial charge >= 0.3 is 0 Å². The van der Waals surface area contributed by atoms with Crippen molar-refractivity contribution >= 4 is 29.0 Å². The lowest BCUT2D eigenvalue weighted by molar-refractivity contribution is 0.102. The molecule has 1 heterocycles. The number of hydrogen-bond acceptors (Lipinski definition) is 3. The average molecular weight is 279 g/mol. The van der Waals surface area contributed by atoms with E-state index in [1.54, 1.807) is 36.9 Å². The SMILES string of the molecule is Cc1cc(C(=O)Nc2c(N)c(C)nn2C)ccc1Cl. The van der Waals surface area contributed by atoms with E-state index < -0.39 is 0 Å². The standard InChI is InChI=1S/C13H15ClN4O/c1-7-6-9(4-5-10(7)14)13(19)16-12-11(15)8(2)17-18(12)3/h4-6H,15H2,1-3H3,(H,16,19). The van der Waals surface area contributed by atoms with Crippen LogP contribution >= 0.6 is 11.6 Å². The predicted octanol–water partition coefficient (Wildman–Crippen LogP) is 2.52. The zero-order valence-corrected chi connectivity index (χ0v) is 11.7. The van der Waals surface area contributed by atoms with E-state index in [1.165, 1.54) is 0 Å². The second-order valence-corrected chi connectivity index (χ2v) is 4.80. The third-order valence-corrected chi connectivity index (χ3v) is 3.34. The molecule has 0 saturated heterocycles. The first-order valence-electron chi connectivity index (χ1n) is 5.76. The number of benzene rings is 1. The summed E-state index contributed by atoms with van der Waals surface area (Å²) >= 11 is 5.93. The quantitative estimate of drug-likeness (QED) is 0.886. The van der Waals surface area contributed by atoms with Gasteiger partial charge < -0.3 is 11.1 Å². The van der Waals surface area contributed by atoms with Crippen LogP contribution in [0, 0.1) is 13.8 Å². The molecule has 3 N–H and O–H groups in total. The molecule has 5 nitrogen and oxygen atoms in total. The van der Waals surface area contributed by atoms with Crippen molar-refractivity contribution in [3.8, 4) is 0 Å². The lowest BCUT2D eigenvalue weighted by Crippen LogP contribution is -2.15. The Bertz CT molecular complexity index is 648. The fourth-order valence-corrected chi connectivity index (χ4v) is 1.91. The van der Waals surface area contributed by atoms with Crippen LogP contribution in [-0.4, -0.2) is 15.7 Å². The largest absolute Gasteiger partial charge is 0.394 e. The molecule has 19 heavy (non-hydrogen) atoms. The summed E-state index contributed by atoms with van der Waals surface area (Å²) in [6.07, 6.45) is 0. The number of nitrogen functional groups attached to an aromatic ring is 1. The topological polar surface area (TPSA) is 72.9 Å². The van der Waals surface area contributed by atoms with Crippen molar-refractivity contribution in [2.75, 3.05) is 11.1 Å². The molecule has 0 spiro atoms. The van der Waals surface area contributed by atoms with Crippen molar-refractivity contribution in [1.82, 2.24) is 9.78 Å². The highest BCUT2D eigenvalue weighted by molar-refractivity contribution is 6.31. The maximum Gasteiger partial charge on any atom is 0.256 e. The molecule has 1 aromatic heterocycles. The van der Waals surface area contributed by atoms with E-state index >= 15 is 0 Å². The van der Waals surface area contributed by atoms with Crippen LogP contribution in [-0.2, 0) is 7.05 Å². The van der Waals surface area contributed by atoms with Crippen LogP contribution in [0.1, 0.15) is 21.6 Å². The molecule has 2 rings (SSSR count). The second kappa shape index (κ2) is 4.93. The third-order valence-electron chi connectivity index (χ3n) is 2.92. The summed E-state index contributed by atoms with van der Waals surface area (Å²) in [6.45, 7) is 3.64. The van der Waals surface area contributed by atoms with Gasteiger partial charge in [0.2, 0.25) is 0 Å². The molecule has 0 aliphatic heterocycles. The number of halogens is 1. The number of aromatic nitrogens is 2. The van der Waals surface area contributed by atoms with Crippen molar-refractivity contribution < 1.29 is 4.79 Å². The van der Waals surface area contributed by atoms with Crippen molar-refractivity contribution in [2.45, 2.75) is 13.8 Å². The van der Waals surface area contributed by atoms with E-state index in [9.17, 15) is 4.79 Å². The minimum Gasteiger partial charge on any atom is -0.394 e. The number of rotatable bonds is 2. The normalized spacial score (nSPS) is 10.5. The van der Waals surface area contributed by atoms with Crippen molar-refractivity contribution in [1.29, 1.82) is 0 Å². The highest BCUT2D eigenvalue weighted by Crippen LogP contribution is 2.22. The van der Waals surface area contributed by atoms with Crippen LogP contribution in [0.3, 0.4) is 0 Å². The molecule has 1 aromatic carbocycles. The third kappa shape index (κ3) is 2.56. The van der Waals surface area contributed by atoms with Gasteiger partial charge in [0.05, 0.1) is 11.4 Å². The first-order chi connectivity index (χ1) is 8.90. The van der Waals surface area contributed by atoms with Crippen LogP contribution in [0.15, 0.2) is 18.2 Å². The lowest BCUT2D eigenvalue weighted by atomic mass is 10.1. The monoisotopic (exact) mass is 278 g/mol. The number of aryl methyl sites for hydroxylation is 3. The van der Waals surface area contributed by atoms with Gasteiger partial charge in [-0.1, -0.05) is 11.6 Å². The smallest absolute Gasteiger partial charge is 0.256 e. The van der Waals surface area contributed by atoms with Crippen LogP contribution in [0.4, 0.5) is 11.5 Å². The van der Waals surface area contributed by atoms with Crippen LogP contribution in [0.2, 0.25) is 5.02 Å². The van der Waals surface area contributed by atoms with Gasteiger partial charge in [-0.3, -0.25) is 9.48 Å². The minimum absolute atomic E-state index is 0.241. The van der Waals surface area contributed by atoms with E-state index in [2.05, 4.69) is 10.4 Å². The summed E-state index contributed by atoms with van der Waals surface area (Å²) in [4.78, 5) is 12.1. The number of nitrogens with zero attached hydrogens (tertiary/aromatic N) is 2. The number of anilines is 2. The van der Waals surface area contributed by atoms with Crippen LogP contribution < -0.4 is 11.1 Å². The zero-order valence-electron chi connectivity index (χ0n) is 11.0. The Kier molecular flexibility index (Phi) is 3.48. The minimum atomic E-state index is -0.241. The molecule has 0 bridgehead atoms. The highest BCUT2D eigenvalue weighted by atomic mass is 35.5. The molecule has 100 valence electrons. The Balaban J connectivity index is 2.28. The van der Waals surface area contributed by atoms with Gasteiger partial charge in [0.25, 0.3) is 5.91 Å². The lowest BCUT2D eigenvalue weighted by Gasteiger charge is -2.07. The fraction of sp³-hybridized carbons (Fsp3) is 0.231. The van der Waals surface area contributed by atoms with Crippen molar-refractivity contribution in [3.63, 3.8) is 0 Å². The van der Waals surface area contributed by atoms with Crippen molar-refractivity contribution in [2.24, 2.45) is 7.05 Å². The van der Waals surface area contributed by atoms with Gasteiger partial charge in [0.15, 0.2) is 5.82 Å². The van der Waals surface area contributed by atoms with E-state index in [-0.39, 0.29) is 5.91 Å².